The third-order valence-electron chi connectivity index (χ3n) is 5.07. The monoisotopic (exact) mass is 323 g/mol. The van der Waals surface area contributed by atoms with Crippen molar-refractivity contribution in [2.45, 2.75) is 18.9 Å². The van der Waals surface area contributed by atoms with E-state index in [9.17, 15) is 9.59 Å². The highest BCUT2D eigenvalue weighted by Gasteiger charge is 2.38. The maximum absolute atomic E-state index is 13.1. The summed E-state index contributed by atoms with van der Waals surface area (Å²) in [6, 6.07) is 9.55. The number of rotatable bonds is 2. The first-order chi connectivity index (χ1) is 11.6. The minimum absolute atomic E-state index is 0.0109. The van der Waals surface area contributed by atoms with E-state index in [4.69, 9.17) is 0 Å². The maximum atomic E-state index is 13.1. The van der Waals surface area contributed by atoms with Gasteiger partial charge >= 0.3 is 0 Å². The van der Waals surface area contributed by atoms with Crippen LogP contribution in [0, 0.1) is 0 Å². The molecule has 2 aromatic carbocycles. The Morgan fingerprint density at radius 1 is 1.00 bits per heavy atom. The fourth-order valence-corrected chi connectivity index (χ4v) is 3.89. The first-order valence-electron chi connectivity index (χ1n) is 8.41. The Labute approximate surface area is 141 Å². The van der Waals surface area contributed by atoms with Crippen LogP contribution in [0.25, 0.3) is 10.8 Å². The van der Waals surface area contributed by atoms with Gasteiger partial charge in [-0.1, -0.05) is 12.1 Å². The fourth-order valence-electron chi connectivity index (χ4n) is 3.89. The molecule has 5 heteroatoms. The van der Waals surface area contributed by atoms with Gasteiger partial charge in [-0.25, -0.2) is 0 Å². The number of hydrogen-bond donors (Lipinski definition) is 1. The van der Waals surface area contributed by atoms with Crippen molar-refractivity contribution in [2.75, 3.05) is 32.1 Å². The zero-order chi connectivity index (χ0) is 16.8. The molecule has 1 N–H and O–H groups in total. The maximum Gasteiger partial charge on any atom is 0.261 e. The lowest BCUT2D eigenvalue weighted by Gasteiger charge is -2.36. The average molecular weight is 323 g/mol. The molecule has 2 heterocycles. The van der Waals surface area contributed by atoms with Crippen molar-refractivity contribution in [3.63, 3.8) is 0 Å². The van der Waals surface area contributed by atoms with E-state index in [0.717, 1.165) is 42.4 Å². The minimum atomic E-state index is -0.152. The van der Waals surface area contributed by atoms with Gasteiger partial charge in [-0.3, -0.25) is 14.5 Å². The van der Waals surface area contributed by atoms with Crippen molar-refractivity contribution in [2.24, 2.45) is 0 Å². The Morgan fingerprint density at radius 3 is 2.33 bits per heavy atom. The van der Waals surface area contributed by atoms with Crippen molar-refractivity contribution >= 4 is 28.3 Å². The van der Waals surface area contributed by atoms with E-state index in [-0.39, 0.29) is 17.9 Å². The smallest absolute Gasteiger partial charge is 0.261 e. The topological polar surface area (TPSA) is 52.7 Å². The quantitative estimate of drug-likeness (QED) is 0.861. The van der Waals surface area contributed by atoms with Crippen LogP contribution in [-0.4, -0.2) is 49.9 Å². The number of amides is 2. The summed E-state index contributed by atoms with van der Waals surface area (Å²) in [6.07, 6.45) is 1.64. The van der Waals surface area contributed by atoms with Crippen LogP contribution in [0.5, 0.6) is 0 Å². The summed E-state index contributed by atoms with van der Waals surface area (Å²) in [4.78, 5) is 29.6. The summed E-state index contributed by atoms with van der Waals surface area (Å²) in [7, 11) is 3.94. The van der Waals surface area contributed by atoms with Gasteiger partial charge in [0.15, 0.2) is 0 Å². The van der Waals surface area contributed by atoms with Gasteiger partial charge in [0, 0.05) is 47.7 Å². The van der Waals surface area contributed by atoms with E-state index in [1.165, 1.54) is 4.90 Å². The molecule has 2 aliphatic rings. The van der Waals surface area contributed by atoms with Crippen LogP contribution in [0.2, 0.25) is 0 Å². The molecule has 0 bridgehead atoms. The second-order valence-electron chi connectivity index (χ2n) is 6.72. The normalized spacial score (nSPS) is 18.3. The highest BCUT2D eigenvalue weighted by atomic mass is 16.2. The molecule has 1 saturated heterocycles. The van der Waals surface area contributed by atoms with Gasteiger partial charge < -0.3 is 10.2 Å². The van der Waals surface area contributed by atoms with Crippen LogP contribution < -0.4 is 10.2 Å². The predicted molar refractivity (Wildman–Crippen MR) is 94.7 cm³/mol. The molecule has 4 rings (SSSR count). The Hall–Kier alpha value is -2.40. The van der Waals surface area contributed by atoms with E-state index in [2.05, 4.69) is 5.32 Å². The molecule has 0 aliphatic carbocycles. The van der Waals surface area contributed by atoms with Crippen molar-refractivity contribution < 1.29 is 9.59 Å². The number of carbonyl (C=O) groups excluding carboxylic acids is 2. The molecule has 0 unspecified atom stereocenters. The molecule has 5 nitrogen and oxygen atoms in total. The van der Waals surface area contributed by atoms with E-state index in [1.54, 1.807) is 0 Å². The number of anilines is 1. The summed E-state index contributed by atoms with van der Waals surface area (Å²) < 4.78 is 0. The number of nitrogens with zero attached hydrogens (tertiary/aromatic N) is 2. The van der Waals surface area contributed by atoms with Gasteiger partial charge in [-0.2, -0.15) is 0 Å². The van der Waals surface area contributed by atoms with Crippen molar-refractivity contribution in [3.8, 4) is 0 Å². The molecule has 0 aromatic heterocycles. The lowest BCUT2D eigenvalue weighted by Crippen LogP contribution is -2.50. The molecule has 0 saturated carbocycles. The molecular weight excluding hydrogens is 302 g/mol. The molecule has 2 aliphatic heterocycles. The first-order valence-corrected chi connectivity index (χ1v) is 8.41. The van der Waals surface area contributed by atoms with Gasteiger partial charge in [0.2, 0.25) is 0 Å². The van der Waals surface area contributed by atoms with Crippen LogP contribution in [-0.2, 0) is 0 Å². The molecule has 0 radical (unpaired) electrons. The molecule has 1 fully saturated rings. The van der Waals surface area contributed by atoms with E-state index >= 15 is 0 Å². The van der Waals surface area contributed by atoms with Crippen LogP contribution in [0.3, 0.4) is 0 Å². The van der Waals surface area contributed by atoms with Gasteiger partial charge in [-0.05, 0) is 44.1 Å². The SMILES string of the molecule is CN(C)c1ccc2c3c(cccc13)C(=O)N(C1CCNCC1)C2=O. The molecule has 0 spiro atoms. The summed E-state index contributed by atoms with van der Waals surface area (Å²) in [5, 5.41) is 5.04. The average Bonchev–Trinajstić information content (AvgIpc) is 2.60. The summed E-state index contributed by atoms with van der Waals surface area (Å²) in [5.41, 5.74) is 2.31. The van der Waals surface area contributed by atoms with Gasteiger partial charge in [0.05, 0.1) is 0 Å². The molecule has 24 heavy (non-hydrogen) atoms. The number of hydrogen-bond acceptors (Lipinski definition) is 4. The predicted octanol–water partition coefficient (Wildman–Crippen LogP) is 2.25. The number of nitrogens with one attached hydrogen (secondary N) is 1. The molecule has 0 atom stereocenters. The van der Waals surface area contributed by atoms with E-state index < -0.39 is 0 Å². The number of imide groups is 1. The minimum Gasteiger partial charge on any atom is -0.377 e. The zero-order valence-corrected chi connectivity index (χ0v) is 14.0. The lowest BCUT2D eigenvalue weighted by atomic mass is 9.90. The fraction of sp³-hybridized carbons (Fsp3) is 0.368. The van der Waals surface area contributed by atoms with Gasteiger partial charge in [0.1, 0.15) is 0 Å². The molecule has 124 valence electrons. The van der Waals surface area contributed by atoms with Crippen LogP contribution in [0.4, 0.5) is 5.69 Å². The Morgan fingerprint density at radius 2 is 1.67 bits per heavy atom. The van der Waals surface area contributed by atoms with Crippen molar-refractivity contribution in [3.05, 3.63) is 41.5 Å². The molecule has 2 aromatic rings. The highest BCUT2D eigenvalue weighted by molar-refractivity contribution is 6.26. The summed E-state index contributed by atoms with van der Waals surface area (Å²) in [5.74, 6) is -0.304. The van der Waals surface area contributed by atoms with Crippen molar-refractivity contribution in [1.82, 2.24) is 10.2 Å². The van der Waals surface area contributed by atoms with Crippen molar-refractivity contribution in [1.29, 1.82) is 0 Å². The Bertz CT molecular complexity index is 816. The number of benzene rings is 2. The molecule has 2 amide bonds. The zero-order valence-electron chi connectivity index (χ0n) is 14.0. The molecular formula is C19H21N3O2. The Balaban J connectivity index is 1.90. The van der Waals surface area contributed by atoms with Gasteiger partial charge in [-0.15, -0.1) is 0 Å². The van der Waals surface area contributed by atoms with Gasteiger partial charge in [0.25, 0.3) is 11.8 Å². The summed E-state index contributed by atoms with van der Waals surface area (Å²) >= 11 is 0. The second-order valence-corrected chi connectivity index (χ2v) is 6.72. The Kier molecular flexibility index (Phi) is 3.53. The van der Waals surface area contributed by atoms with Crippen LogP contribution in [0.15, 0.2) is 30.3 Å². The first kappa shape index (κ1) is 15.1. The van der Waals surface area contributed by atoms with E-state index in [1.807, 2.05) is 49.3 Å². The lowest BCUT2D eigenvalue weighted by molar-refractivity contribution is 0.0510. The standard InChI is InChI=1S/C19H21N3O2/c1-21(2)16-7-6-15-17-13(16)4-3-5-14(17)18(23)22(19(15)24)12-8-10-20-11-9-12/h3-7,12,20H,8-11H2,1-2H3. The third kappa shape index (κ3) is 2.12. The largest absolute Gasteiger partial charge is 0.377 e. The number of carbonyl (C=O) groups is 2. The third-order valence-corrected chi connectivity index (χ3v) is 5.07. The second kappa shape index (κ2) is 5.60. The summed E-state index contributed by atoms with van der Waals surface area (Å²) in [6.45, 7) is 1.69. The van der Waals surface area contributed by atoms with Crippen LogP contribution in [0.1, 0.15) is 33.6 Å². The highest BCUT2D eigenvalue weighted by Crippen LogP contribution is 2.36. The van der Waals surface area contributed by atoms with E-state index in [0.29, 0.717) is 11.1 Å². The number of piperidine rings is 1. The van der Waals surface area contributed by atoms with Crippen LogP contribution >= 0.6 is 0 Å².